The van der Waals surface area contributed by atoms with Crippen molar-refractivity contribution in [1.82, 2.24) is 14.9 Å². The van der Waals surface area contributed by atoms with Crippen molar-refractivity contribution in [3.8, 4) is 0 Å². The summed E-state index contributed by atoms with van der Waals surface area (Å²) in [6, 6.07) is 1.25. The minimum atomic E-state index is -4.61. The van der Waals surface area contributed by atoms with Gasteiger partial charge in [-0.1, -0.05) is 16.8 Å². The number of anilines is 1. The number of fused-ring (bicyclic) bond motifs is 4. The molecule has 3 N–H and O–H groups in total. The number of hydrogen-bond donors (Lipinski definition) is 3. The second-order valence-electron chi connectivity index (χ2n) is 6.64. The van der Waals surface area contributed by atoms with Crippen molar-refractivity contribution in [1.29, 1.82) is 0 Å². The van der Waals surface area contributed by atoms with Crippen LogP contribution < -0.4 is 11.0 Å². The smallest absolute Gasteiger partial charge is 0.411 e. The fourth-order valence-corrected chi connectivity index (χ4v) is 4.12. The van der Waals surface area contributed by atoms with Crippen LogP contribution in [0, 0.1) is 0 Å². The molecule has 0 unspecified atom stereocenters. The minimum Gasteiger partial charge on any atom is -0.411 e. The van der Waals surface area contributed by atoms with Crippen LogP contribution in [0.2, 0.25) is 5.02 Å². The zero-order valence-corrected chi connectivity index (χ0v) is 15.3. The fourth-order valence-electron chi connectivity index (χ4n) is 3.83. The van der Waals surface area contributed by atoms with Crippen LogP contribution in [0.25, 0.3) is 0 Å². The first-order chi connectivity index (χ1) is 13.7. The molecular formula is C17H13ClF3N5O3. The van der Waals surface area contributed by atoms with Gasteiger partial charge in [-0.3, -0.25) is 0 Å². The predicted molar refractivity (Wildman–Crippen MR) is 96.3 cm³/mol. The van der Waals surface area contributed by atoms with Crippen LogP contribution in [-0.4, -0.2) is 37.9 Å². The van der Waals surface area contributed by atoms with Crippen molar-refractivity contribution in [2.24, 2.45) is 5.16 Å². The molecule has 29 heavy (non-hydrogen) atoms. The summed E-state index contributed by atoms with van der Waals surface area (Å²) in [6.07, 6.45) is -2.28. The van der Waals surface area contributed by atoms with E-state index >= 15 is 0 Å². The number of benzene rings is 1. The first-order valence-corrected chi connectivity index (χ1v) is 8.86. The summed E-state index contributed by atoms with van der Waals surface area (Å²) in [5, 5.41) is 14.7. The van der Waals surface area contributed by atoms with E-state index in [0.717, 1.165) is 18.2 Å². The summed E-state index contributed by atoms with van der Waals surface area (Å²) >= 11 is 5.70. The summed E-state index contributed by atoms with van der Waals surface area (Å²) < 4.78 is 38.5. The molecule has 8 nitrogen and oxygen atoms in total. The molecule has 1 saturated heterocycles. The zero-order chi connectivity index (χ0) is 20.9. The van der Waals surface area contributed by atoms with E-state index in [1.54, 1.807) is 0 Å². The van der Waals surface area contributed by atoms with Gasteiger partial charge in [0.25, 0.3) is 0 Å². The average molecular weight is 428 g/mol. The Kier molecular flexibility index (Phi) is 4.49. The first kappa shape index (κ1) is 19.2. The Labute approximate surface area is 166 Å². The normalized spacial score (nSPS) is 21.9. The monoisotopic (exact) mass is 427 g/mol. The summed E-state index contributed by atoms with van der Waals surface area (Å²) in [5.41, 5.74) is -0.571. The van der Waals surface area contributed by atoms with Crippen LogP contribution in [0.15, 0.2) is 34.3 Å². The lowest BCUT2D eigenvalue weighted by molar-refractivity contribution is -0.137. The van der Waals surface area contributed by atoms with Gasteiger partial charge >= 0.3 is 17.9 Å². The number of urea groups is 1. The molecule has 2 amide bonds. The average Bonchev–Trinajstić information content (AvgIpc) is 3.00. The highest BCUT2D eigenvalue weighted by Crippen LogP contribution is 2.43. The van der Waals surface area contributed by atoms with Gasteiger partial charge in [0.1, 0.15) is 5.71 Å². The summed E-state index contributed by atoms with van der Waals surface area (Å²) in [4.78, 5) is 32.0. The third-order valence-corrected chi connectivity index (χ3v) is 5.34. The van der Waals surface area contributed by atoms with Gasteiger partial charge in [-0.2, -0.15) is 13.2 Å². The molecule has 4 rings (SSSR count). The topological polar surface area (TPSA) is 111 Å². The van der Waals surface area contributed by atoms with Gasteiger partial charge in [-0.25, -0.2) is 14.6 Å². The maximum atomic E-state index is 12.9. The van der Waals surface area contributed by atoms with Crippen LogP contribution in [-0.2, 0) is 6.18 Å². The number of aromatic amines is 1. The Morgan fingerprint density at radius 1 is 1.34 bits per heavy atom. The van der Waals surface area contributed by atoms with Gasteiger partial charge in [0.2, 0.25) is 0 Å². The van der Waals surface area contributed by atoms with Gasteiger partial charge in [-0.15, -0.1) is 0 Å². The quantitative estimate of drug-likeness (QED) is 0.478. The number of oxime groups is 1. The SMILES string of the molecule is O=C(Nc1ccc(C(F)(F)F)c(Cl)c1)N1[C@@H]2CC[C@H]1c1cnc(=O)[nH]c1C2=NO. The number of nitrogens with zero attached hydrogens (tertiary/aromatic N) is 3. The van der Waals surface area contributed by atoms with Gasteiger partial charge < -0.3 is 20.4 Å². The molecule has 0 saturated carbocycles. The largest absolute Gasteiger partial charge is 0.417 e. The molecule has 2 atom stereocenters. The van der Waals surface area contributed by atoms with E-state index in [1.165, 1.54) is 11.1 Å². The van der Waals surface area contributed by atoms with Crippen molar-refractivity contribution in [3.63, 3.8) is 0 Å². The van der Waals surface area contributed by atoms with Crippen LogP contribution in [0.5, 0.6) is 0 Å². The Morgan fingerprint density at radius 2 is 2.07 bits per heavy atom. The van der Waals surface area contributed by atoms with Crippen LogP contribution in [0.1, 0.15) is 35.7 Å². The molecule has 152 valence electrons. The van der Waals surface area contributed by atoms with Crippen LogP contribution in [0.4, 0.5) is 23.7 Å². The third kappa shape index (κ3) is 3.20. The molecule has 2 aliphatic rings. The number of nitrogens with one attached hydrogen (secondary N) is 2. The van der Waals surface area contributed by atoms with E-state index in [-0.39, 0.29) is 11.4 Å². The minimum absolute atomic E-state index is 0.0836. The number of carbonyl (C=O) groups excluding carboxylic acids is 1. The number of rotatable bonds is 1. The molecule has 2 aromatic rings. The molecule has 2 aliphatic heterocycles. The predicted octanol–water partition coefficient (Wildman–Crippen LogP) is 3.37. The third-order valence-electron chi connectivity index (χ3n) is 5.03. The second-order valence-corrected chi connectivity index (χ2v) is 7.05. The molecule has 1 aromatic heterocycles. The highest BCUT2D eigenvalue weighted by molar-refractivity contribution is 6.31. The molecule has 1 fully saturated rings. The number of hydrogen-bond acceptors (Lipinski definition) is 5. The lowest BCUT2D eigenvalue weighted by Gasteiger charge is -2.35. The molecule has 1 aromatic carbocycles. The summed E-state index contributed by atoms with van der Waals surface area (Å²) in [7, 11) is 0. The summed E-state index contributed by atoms with van der Waals surface area (Å²) in [5.74, 6) is 0. The van der Waals surface area contributed by atoms with Crippen molar-refractivity contribution >= 4 is 29.0 Å². The molecule has 0 aliphatic carbocycles. The Bertz CT molecular complexity index is 1080. The van der Waals surface area contributed by atoms with E-state index in [1.807, 2.05) is 0 Å². The van der Waals surface area contributed by atoms with E-state index < -0.39 is 40.6 Å². The highest BCUT2D eigenvalue weighted by Gasteiger charge is 2.47. The molecule has 0 radical (unpaired) electrons. The molecule has 3 heterocycles. The van der Waals surface area contributed by atoms with E-state index in [0.29, 0.717) is 24.1 Å². The molecular weight excluding hydrogens is 415 g/mol. The number of halogens is 4. The highest BCUT2D eigenvalue weighted by atomic mass is 35.5. The number of H-pyrrole nitrogens is 1. The zero-order valence-electron chi connectivity index (χ0n) is 14.5. The van der Waals surface area contributed by atoms with E-state index in [2.05, 4.69) is 20.4 Å². The number of amides is 2. The van der Waals surface area contributed by atoms with Crippen molar-refractivity contribution < 1.29 is 23.2 Å². The second kappa shape index (κ2) is 6.76. The maximum absolute atomic E-state index is 12.9. The Hall–Kier alpha value is -3.08. The lowest BCUT2D eigenvalue weighted by Crippen LogP contribution is -2.48. The van der Waals surface area contributed by atoms with Gasteiger partial charge in [0.05, 0.1) is 28.4 Å². The number of aromatic nitrogens is 2. The van der Waals surface area contributed by atoms with Gasteiger partial charge in [0, 0.05) is 17.4 Å². The molecule has 0 spiro atoms. The van der Waals surface area contributed by atoms with E-state index in [9.17, 15) is 28.0 Å². The van der Waals surface area contributed by atoms with E-state index in [4.69, 9.17) is 11.6 Å². The standard InChI is InChI=1S/C17H13ClF3N5O3/c18-10-5-7(1-2-9(10)17(19,20)21)23-16(28)26-11-3-4-12(26)14(25-29)13-8(11)6-22-15(27)24-13/h1-2,5-6,11-12,29H,3-4H2,(H,23,28)(H,22,24,27)/t11-,12+/m0/s1. The maximum Gasteiger partial charge on any atom is 0.417 e. The van der Waals surface area contributed by atoms with Crippen molar-refractivity contribution in [2.75, 3.05) is 5.32 Å². The Balaban J connectivity index is 1.64. The number of carbonyl (C=O) groups is 1. The Morgan fingerprint density at radius 3 is 2.72 bits per heavy atom. The van der Waals surface area contributed by atoms with Crippen LogP contribution in [0.3, 0.4) is 0 Å². The van der Waals surface area contributed by atoms with Gasteiger partial charge in [0.15, 0.2) is 0 Å². The van der Waals surface area contributed by atoms with Crippen molar-refractivity contribution in [3.05, 3.63) is 56.7 Å². The summed E-state index contributed by atoms with van der Waals surface area (Å²) in [6.45, 7) is 0. The first-order valence-electron chi connectivity index (χ1n) is 8.48. The fraction of sp³-hybridized carbons (Fsp3) is 0.294. The van der Waals surface area contributed by atoms with Gasteiger partial charge in [-0.05, 0) is 31.0 Å². The number of alkyl halides is 3. The molecule has 2 bridgehead atoms. The van der Waals surface area contributed by atoms with Crippen molar-refractivity contribution in [2.45, 2.75) is 31.1 Å². The molecule has 12 heteroatoms. The van der Waals surface area contributed by atoms with Crippen LogP contribution >= 0.6 is 11.6 Å². The lowest BCUT2D eigenvalue weighted by atomic mass is 9.98.